The normalized spacial score (nSPS) is 17.5. The lowest BCUT2D eigenvalue weighted by atomic mass is 10.0. The first-order valence-corrected chi connectivity index (χ1v) is 10.8. The molecule has 0 aromatic heterocycles. The molecule has 1 atom stereocenters. The maximum Gasteiger partial charge on any atom is 0.119 e. The van der Waals surface area contributed by atoms with Gasteiger partial charge < -0.3 is 9.69 Å². The lowest BCUT2D eigenvalue weighted by molar-refractivity contribution is -0.107. The van der Waals surface area contributed by atoms with Crippen LogP contribution in [0.25, 0.3) is 0 Å². The van der Waals surface area contributed by atoms with Gasteiger partial charge in [-0.2, -0.15) is 0 Å². The Morgan fingerprint density at radius 1 is 0.833 bits per heavy atom. The summed E-state index contributed by atoms with van der Waals surface area (Å²) in [6.07, 6.45) is 21.0. The lowest BCUT2D eigenvalue weighted by Gasteiger charge is -2.03. The number of carbonyl (C=O) groups is 1. The molecule has 1 rings (SSSR count). The van der Waals surface area contributed by atoms with E-state index >= 15 is 0 Å². The molecule has 2 heteroatoms. The minimum Gasteiger partial charge on any atom is -0.306 e. The number of nitrogens with zero attached hydrogens (tertiary/aromatic N) is 1. The average Bonchev–Trinajstić information content (AvgIpc) is 2.95. The van der Waals surface area contributed by atoms with Crippen molar-refractivity contribution in [1.29, 1.82) is 0 Å². The van der Waals surface area contributed by atoms with Crippen molar-refractivity contribution in [2.24, 2.45) is 5.92 Å². The van der Waals surface area contributed by atoms with E-state index in [9.17, 15) is 4.79 Å². The van der Waals surface area contributed by atoms with Gasteiger partial charge in [0.15, 0.2) is 0 Å². The van der Waals surface area contributed by atoms with Crippen molar-refractivity contribution >= 4 is 6.29 Å². The van der Waals surface area contributed by atoms with Crippen molar-refractivity contribution in [3.8, 4) is 0 Å². The third-order valence-electron chi connectivity index (χ3n) is 5.05. The van der Waals surface area contributed by atoms with E-state index in [4.69, 9.17) is 0 Å². The minimum absolute atomic E-state index is 0.762. The van der Waals surface area contributed by atoms with Crippen LogP contribution in [0.3, 0.4) is 0 Å². The Balaban J connectivity index is 0.000000620. The van der Waals surface area contributed by atoms with Gasteiger partial charge in [0, 0.05) is 13.0 Å². The second kappa shape index (κ2) is 19.0. The van der Waals surface area contributed by atoms with Crippen LogP contribution >= 0.6 is 0 Å². The SMILES string of the molecule is CC1CCN(C)C1.CCCCCCCCCCCCCCCC=O. The van der Waals surface area contributed by atoms with Crippen LogP contribution in [-0.2, 0) is 4.79 Å². The number of likely N-dealkylation sites (tertiary alicyclic amines) is 1. The molecule has 1 heterocycles. The molecule has 1 fully saturated rings. The van der Waals surface area contributed by atoms with Gasteiger partial charge in [0.2, 0.25) is 0 Å². The number of hydrogen-bond donors (Lipinski definition) is 0. The summed E-state index contributed by atoms with van der Waals surface area (Å²) in [6.45, 7) is 7.19. The van der Waals surface area contributed by atoms with E-state index in [2.05, 4.69) is 25.8 Å². The number of carbonyl (C=O) groups excluding carboxylic acids is 1. The van der Waals surface area contributed by atoms with Crippen molar-refractivity contribution in [3.63, 3.8) is 0 Å². The molecule has 1 aliphatic heterocycles. The van der Waals surface area contributed by atoms with E-state index in [1.807, 2.05) is 0 Å². The van der Waals surface area contributed by atoms with Crippen LogP contribution in [0.1, 0.15) is 110 Å². The Morgan fingerprint density at radius 3 is 1.58 bits per heavy atom. The summed E-state index contributed by atoms with van der Waals surface area (Å²) in [4.78, 5) is 12.5. The molecule has 0 aromatic carbocycles. The molecule has 0 radical (unpaired) electrons. The van der Waals surface area contributed by atoms with Crippen molar-refractivity contribution in [3.05, 3.63) is 0 Å². The quantitative estimate of drug-likeness (QED) is 0.262. The smallest absolute Gasteiger partial charge is 0.119 e. The number of rotatable bonds is 14. The first-order chi connectivity index (χ1) is 11.7. The molecule has 1 aliphatic rings. The summed E-state index contributed by atoms with van der Waals surface area (Å²) in [7, 11) is 2.18. The third kappa shape index (κ3) is 18.0. The Hall–Kier alpha value is -0.370. The second-order valence-corrected chi connectivity index (χ2v) is 7.85. The zero-order chi connectivity index (χ0) is 17.9. The fourth-order valence-electron chi connectivity index (χ4n) is 3.40. The number of hydrogen-bond acceptors (Lipinski definition) is 2. The number of unbranched alkanes of at least 4 members (excludes halogenated alkanes) is 13. The highest BCUT2D eigenvalue weighted by Crippen LogP contribution is 2.13. The highest BCUT2D eigenvalue weighted by atomic mass is 16.1. The summed E-state index contributed by atoms with van der Waals surface area (Å²) >= 11 is 0. The fourth-order valence-corrected chi connectivity index (χ4v) is 3.40. The monoisotopic (exact) mass is 339 g/mol. The lowest BCUT2D eigenvalue weighted by Crippen LogP contribution is -2.12. The summed E-state index contributed by atoms with van der Waals surface area (Å²) in [6, 6.07) is 0. The van der Waals surface area contributed by atoms with Gasteiger partial charge in [0.25, 0.3) is 0 Å². The van der Waals surface area contributed by atoms with Gasteiger partial charge in [-0.25, -0.2) is 0 Å². The summed E-state index contributed by atoms with van der Waals surface area (Å²) < 4.78 is 0. The Kier molecular flexibility index (Phi) is 18.7. The molecule has 144 valence electrons. The molecule has 0 bridgehead atoms. The Labute approximate surface area is 152 Å². The van der Waals surface area contributed by atoms with E-state index < -0.39 is 0 Å². The highest BCUT2D eigenvalue weighted by molar-refractivity contribution is 5.48. The maximum atomic E-state index is 10.1. The first-order valence-electron chi connectivity index (χ1n) is 10.8. The standard InChI is InChI=1S/C16H32O.C6H13N/c1-2-3-4-5-6-7-8-9-10-11-12-13-14-15-16-17;1-6-3-4-7(2)5-6/h16H,2-15H2,1H3;6H,3-5H2,1-2H3. The van der Waals surface area contributed by atoms with Gasteiger partial charge in [0.05, 0.1) is 0 Å². The largest absolute Gasteiger partial charge is 0.306 e. The molecule has 1 saturated heterocycles. The van der Waals surface area contributed by atoms with Crippen LogP contribution in [0, 0.1) is 5.92 Å². The third-order valence-corrected chi connectivity index (χ3v) is 5.05. The molecule has 0 N–H and O–H groups in total. The second-order valence-electron chi connectivity index (χ2n) is 7.85. The van der Waals surface area contributed by atoms with Crippen LogP contribution in [0.15, 0.2) is 0 Å². The van der Waals surface area contributed by atoms with Crippen LogP contribution in [-0.4, -0.2) is 31.3 Å². The van der Waals surface area contributed by atoms with Crippen molar-refractivity contribution in [2.75, 3.05) is 20.1 Å². The molecular weight excluding hydrogens is 294 g/mol. The predicted molar refractivity (Wildman–Crippen MR) is 108 cm³/mol. The van der Waals surface area contributed by atoms with E-state index in [1.165, 1.54) is 96.6 Å². The van der Waals surface area contributed by atoms with E-state index in [-0.39, 0.29) is 0 Å². The van der Waals surface area contributed by atoms with Gasteiger partial charge >= 0.3 is 0 Å². The number of aldehydes is 1. The average molecular weight is 340 g/mol. The molecule has 0 aromatic rings. The van der Waals surface area contributed by atoms with Gasteiger partial charge in [0.1, 0.15) is 6.29 Å². The molecular formula is C22H45NO. The molecule has 24 heavy (non-hydrogen) atoms. The first kappa shape index (κ1) is 23.6. The summed E-state index contributed by atoms with van der Waals surface area (Å²) in [5, 5.41) is 0. The van der Waals surface area contributed by atoms with Crippen LogP contribution in [0.5, 0.6) is 0 Å². The van der Waals surface area contributed by atoms with Crippen molar-refractivity contribution in [1.82, 2.24) is 4.90 Å². The van der Waals surface area contributed by atoms with E-state index in [0.717, 1.165) is 25.0 Å². The van der Waals surface area contributed by atoms with Crippen LogP contribution < -0.4 is 0 Å². The minimum atomic E-state index is 0.762. The van der Waals surface area contributed by atoms with Crippen molar-refractivity contribution < 1.29 is 4.79 Å². The molecule has 0 aliphatic carbocycles. The molecule has 0 amide bonds. The molecule has 2 nitrogen and oxygen atoms in total. The molecule has 0 spiro atoms. The van der Waals surface area contributed by atoms with Gasteiger partial charge in [-0.3, -0.25) is 0 Å². The van der Waals surface area contributed by atoms with Crippen LogP contribution in [0.4, 0.5) is 0 Å². The molecule has 1 unspecified atom stereocenters. The fraction of sp³-hybridized carbons (Fsp3) is 0.955. The van der Waals surface area contributed by atoms with Gasteiger partial charge in [-0.1, -0.05) is 90.9 Å². The molecule has 0 saturated carbocycles. The predicted octanol–water partition coefficient (Wildman–Crippen LogP) is 6.62. The zero-order valence-electron chi connectivity index (χ0n) is 17.0. The van der Waals surface area contributed by atoms with E-state index in [0.29, 0.717) is 0 Å². The van der Waals surface area contributed by atoms with E-state index in [1.54, 1.807) is 0 Å². The van der Waals surface area contributed by atoms with Crippen molar-refractivity contribution in [2.45, 2.75) is 110 Å². The summed E-state index contributed by atoms with van der Waals surface area (Å²) in [5.74, 6) is 0.949. The Bertz CT molecular complexity index is 246. The van der Waals surface area contributed by atoms with Gasteiger partial charge in [-0.15, -0.1) is 0 Å². The Morgan fingerprint density at radius 2 is 1.29 bits per heavy atom. The highest BCUT2D eigenvalue weighted by Gasteiger charge is 2.13. The summed E-state index contributed by atoms with van der Waals surface area (Å²) in [5.41, 5.74) is 0. The van der Waals surface area contributed by atoms with Gasteiger partial charge in [-0.05, 0) is 32.4 Å². The topological polar surface area (TPSA) is 20.3 Å². The zero-order valence-corrected chi connectivity index (χ0v) is 17.0. The van der Waals surface area contributed by atoms with Crippen LogP contribution in [0.2, 0.25) is 0 Å². The maximum absolute atomic E-state index is 10.1.